The van der Waals surface area contributed by atoms with Crippen LogP contribution < -0.4 is 0 Å². The summed E-state index contributed by atoms with van der Waals surface area (Å²) >= 11 is 0. The highest BCUT2D eigenvalue weighted by molar-refractivity contribution is 5.72. The second-order valence-electron chi connectivity index (χ2n) is 13.5. The zero-order valence-corrected chi connectivity index (χ0v) is 27.5. The van der Waals surface area contributed by atoms with Crippen molar-refractivity contribution in [3.63, 3.8) is 0 Å². The Balaban J connectivity index is 1.54. The fourth-order valence-corrected chi connectivity index (χ4v) is 5.21. The number of carbonyl (C=O) groups is 2. The molecule has 0 saturated heterocycles. The van der Waals surface area contributed by atoms with Crippen LogP contribution in [0.2, 0.25) is 0 Å². The van der Waals surface area contributed by atoms with Gasteiger partial charge in [0, 0.05) is 26.2 Å². The minimum atomic E-state index is -0.597. The minimum Gasteiger partial charge on any atom is -0.459 e. The first-order chi connectivity index (χ1) is 21.8. The fourth-order valence-electron chi connectivity index (χ4n) is 5.21. The molecule has 0 radical (unpaired) electrons. The third-order valence-electron chi connectivity index (χ3n) is 6.84. The van der Waals surface area contributed by atoms with E-state index < -0.39 is 11.2 Å². The first-order valence-electron chi connectivity index (χ1n) is 15.5. The number of ether oxygens (including phenoxy) is 2. The lowest BCUT2D eigenvalue weighted by molar-refractivity contribution is -0.157. The van der Waals surface area contributed by atoms with E-state index in [1.165, 1.54) is 0 Å². The van der Waals surface area contributed by atoms with Gasteiger partial charge in [0.15, 0.2) is 0 Å². The molecule has 4 aromatic rings. The highest BCUT2D eigenvalue weighted by atomic mass is 16.6. The number of rotatable bonds is 4. The van der Waals surface area contributed by atoms with Gasteiger partial charge in [-0.15, -0.1) is 0 Å². The summed E-state index contributed by atoms with van der Waals surface area (Å²) in [5.41, 5.74) is 4.80. The molecule has 1 aliphatic heterocycles. The highest BCUT2D eigenvalue weighted by Gasteiger charge is 2.23. The van der Waals surface area contributed by atoms with Gasteiger partial charge in [0.25, 0.3) is 0 Å². The molecule has 0 unspecified atom stereocenters. The van der Waals surface area contributed by atoms with Gasteiger partial charge in [0.1, 0.15) is 11.2 Å². The summed E-state index contributed by atoms with van der Waals surface area (Å²) in [5.74, 6) is -0.636. The Morgan fingerprint density at radius 3 is 1.02 bits per heavy atom. The third-order valence-corrected chi connectivity index (χ3v) is 6.84. The molecule has 0 N–H and O–H groups in total. The van der Waals surface area contributed by atoms with Crippen LogP contribution in [0.5, 0.6) is 0 Å². The maximum atomic E-state index is 12.9. The molecule has 240 valence electrons. The van der Waals surface area contributed by atoms with Crippen LogP contribution in [-0.2, 0) is 45.2 Å². The number of carbonyl (C=O) groups excluding carboxylic acids is 2. The molecule has 1 aliphatic rings. The Labute approximate surface area is 270 Å². The lowest BCUT2D eigenvalue weighted by atomic mass is 10.2. The number of esters is 2. The zero-order chi connectivity index (χ0) is 32.9. The van der Waals surface area contributed by atoms with Gasteiger partial charge < -0.3 is 9.47 Å². The number of pyridine rings is 4. The second kappa shape index (κ2) is 13.8. The quantitative estimate of drug-likeness (QED) is 0.267. The molecule has 4 aromatic heterocycles. The van der Waals surface area contributed by atoms with Crippen molar-refractivity contribution in [1.82, 2.24) is 29.7 Å². The smallest absolute Gasteiger partial charge is 0.320 e. The summed E-state index contributed by atoms with van der Waals surface area (Å²) in [6.07, 6.45) is 0. The SMILES string of the molecule is CC(C)(C)OC(=O)CN1Cc2cccc(n2)-c2cccc(n2)CN(CC(=O)OC(C)(C)C)Cc2cccc(n2)-c2cccc(n2)C1. The van der Waals surface area contributed by atoms with E-state index in [9.17, 15) is 9.59 Å². The van der Waals surface area contributed by atoms with Crippen LogP contribution in [0.3, 0.4) is 0 Å². The van der Waals surface area contributed by atoms with Crippen LogP contribution in [0, 0.1) is 0 Å². The van der Waals surface area contributed by atoms with E-state index in [0.29, 0.717) is 49.0 Å². The van der Waals surface area contributed by atoms with Gasteiger partial charge >= 0.3 is 11.9 Å². The molecule has 5 rings (SSSR count). The Bertz CT molecular complexity index is 1470. The molecule has 5 heterocycles. The molecule has 10 nitrogen and oxygen atoms in total. The van der Waals surface area contributed by atoms with Crippen molar-refractivity contribution in [3.05, 3.63) is 95.6 Å². The van der Waals surface area contributed by atoms with E-state index in [2.05, 4.69) is 0 Å². The summed E-state index contributed by atoms with van der Waals surface area (Å²) in [6.45, 7) is 12.9. The van der Waals surface area contributed by atoms with Crippen molar-refractivity contribution in [2.24, 2.45) is 0 Å². The van der Waals surface area contributed by atoms with Gasteiger partial charge in [-0.1, -0.05) is 24.3 Å². The van der Waals surface area contributed by atoms with Crippen LogP contribution in [0.1, 0.15) is 64.3 Å². The van der Waals surface area contributed by atoms with E-state index in [1.807, 2.05) is 124 Å². The van der Waals surface area contributed by atoms with Gasteiger partial charge in [-0.3, -0.25) is 19.4 Å². The topological polar surface area (TPSA) is 111 Å². The van der Waals surface area contributed by atoms with Crippen molar-refractivity contribution in [2.75, 3.05) is 13.1 Å². The lowest BCUT2D eigenvalue weighted by Crippen LogP contribution is -2.35. The normalized spacial score (nSPS) is 14.6. The molecular weight excluding hydrogens is 580 g/mol. The maximum Gasteiger partial charge on any atom is 0.320 e. The first-order valence-corrected chi connectivity index (χ1v) is 15.5. The van der Waals surface area contributed by atoms with E-state index in [1.54, 1.807) is 0 Å². The standard InChI is InChI=1S/C36H42N6O4/c1-35(2,3)45-33(43)23-41-19-25-11-7-15-29(37-25)31-17-9-13-27(39-31)21-42(24-34(44)46-36(4,5)6)22-28-14-10-18-32(40-28)30-16-8-12-26(20-41)38-30/h7-18H,19-24H2,1-6H3. The van der Waals surface area contributed by atoms with Crippen molar-refractivity contribution in [3.8, 4) is 22.8 Å². The molecule has 8 bridgehead atoms. The van der Waals surface area contributed by atoms with Crippen LogP contribution >= 0.6 is 0 Å². The molecule has 10 heteroatoms. The Morgan fingerprint density at radius 2 is 0.783 bits per heavy atom. The molecule has 0 aromatic carbocycles. The largest absolute Gasteiger partial charge is 0.459 e. The number of nitrogens with zero attached hydrogens (tertiary/aromatic N) is 6. The summed E-state index contributed by atoms with van der Waals surface area (Å²) < 4.78 is 11.3. The van der Waals surface area contributed by atoms with E-state index in [4.69, 9.17) is 29.4 Å². The van der Waals surface area contributed by atoms with Crippen molar-refractivity contribution in [2.45, 2.75) is 78.9 Å². The molecular formula is C36H42N6O4. The Hall–Kier alpha value is -4.54. The lowest BCUT2D eigenvalue weighted by Gasteiger charge is -2.25. The summed E-state index contributed by atoms with van der Waals surface area (Å²) in [4.78, 5) is 49.6. The van der Waals surface area contributed by atoms with Gasteiger partial charge in [-0.2, -0.15) is 0 Å². The summed E-state index contributed by atoms with van der Waals surface area (Å²) in [6, 6.07) is 23.2. The Kier molecular flexibility index (Phi) is 9.88. The van der Waals surface area contributed by atoms with Crippen molar-refractivity contribution >= 4 is 11.9 Å². The van der Waals surface area contributed by atoms with Gasteiger partial charge in [0.2, 0.25) is 0 Å². The van der Waals surface area contributed by atoms with Crippen LogP contribution in [0.15, 0.2) is 72.8 Å². The molecule has 0 atom stereocenters. The molecule has 0 saturated carbocycles. The Morgan fingerprint density at radius 1 is 0.522 bits per heavy atom. The zero-order valence-electron chi connectivity index (χ0n) is 27.5. The maximum absolute atomic E-state index is 12.9. The van der Waals surface area contributed by atoms with Crippen LogP contribution in [0.25, 0.3) is 22.8 Å². The number of hydrogen-bond acceptors (Lipinski definition) is 10. The minimum absolute atomic E-state index is 0.0735. The first kappa shape index (κ1) is 32.8. The highest BCUT2D eigenvalue weighted by Crippen LogP contribution is 2.21. The molecule has 0 spiro atoms. The number of fused-ring (bicyclic) bond motifs is 10. The average molecular weight is 623 g/mol. The monoisotopic (exact) mass is 622 g/mol. The van der Waals surface area contributed by atoms with Crippen molar-refractivity contribution in [1.29, 1.82) is 0 Å². The van der Waals surface area contributed by atoms with E-state index >= 15 is 0 Å². The second-order valence-corrected chi connectivity index (χ2v) is 13.5. The third kappa shape index (κ3) is 9.73. The number of aromatic nitrogens is 4. The fraction of sp³-hybridized carbons (Fsp3) is 0.389. The average Bonchev–Trinajstić information content (AvgIpc) is 2.95. The summed E-state index contributed by atoms with van der Waals surface area (Å²) in [7, 11) is 0. The van der Waals surface area contributed by atoms with Crippen LogP contribution in [-0.4, -0.2) is 66.0 Å². The van der Waals surface area contributed by atoms with E-state index in [-0.39, 0.29) is 25.0 Å². The molecule has 0 aliphatic carbocycles. The predicted octanol–water partition coefficient (Wildman–Crippen LogP) is 5.60. The van der Waals surface area contributed by atoms with Gasteiger partial charge in [-0.05, 0) is 90.1 Å². The van der Waals surface area contributed by atoms with Gasteiger partial charge in [0.05, 0.1) is 58.6 Å². The van der Waals surface area contributed by atoms with Gasteiger partial charge in [-0.25, -0.2) is 19.9 Å². The summed E-state index contributed by atoms with van der Waals surface area (Å²) in [5, 5.41) is 0. The van der Waals surface area contributed by atoms with E-state index in [0.717, 1.165) is 22.8 Å². The molecule has 46 heavy (non-hydrogen) atoms. The predicted molar refractivity (Wildman–Crippen MR) is 175 cm³/mol. The molecule has 0 fully saturated rings. The van der Waals surface area contributed by atoms with Crippen molar-refractivity contribution < 1.29 is 19.1 Å². The van der Waals surface area contributed by atoms with Crippen LogP contribution in [0.4, 0.5) is 0 Å². The molecule has 0 amide bonds. The number of hydrogen-bond donors (Lipinski definition) is 0.